The van der Waals surface area contributed by atoms with Gasteiger partial charge in [0.2, 0.25) is 5.95 Å². The summed E-state index contributed by atoms with van der Waals surface area (Å²) in [7, 11) is 0. The molecule has 0 bridgehead atoms. The van der Waals surface area contributed by atoms with Crippen LogP contribution < -0.4 is 15.4 Å². The zero-order valence-electron chi connectivity index (χ0n) is 14.6. The van der Waals surface area contributed by atoms with Crippen LogP contribution in [0.25, 0.3) is 0 Å². The first-order chi connectivity index (χ1) is 12.7. The van der Waals surface area contributed by atoms with Gasteiger partial charge in [-0.3, -0.25) is 0 Å². The summed E-state index contributed by atoms with van der Waals surface area (Å²) in [4.78, 5) is 8.72. The summed E-state index contributed by atoms with van der Waals surface area (Å²) in [6.07, 6.45) is 1.72. The van der Waals surface area contributed by atoms with Crippen LogP contribution in [-0.4, -0.2) is 16.1 Å². The standard InChI is InChI=1S/C20H19N5O/c1-14(2)26-18-10-6-5-9-17(18)24-20-22-12-11-19(25-20)23-16-8-4-3-7-15(16)13-21/h3-12,14H,1-2H3,(H2,22,23,24,25). The Bertz CT molecular complexity index is 933. The maximum atomic E-state index is 9.20. The first-order valence-electron chi connectivity index (χ1n) is 8.27. The number of nitriles is 1. The molecule has 0 radical (unpaired) electrons. The second-order valence-corrected chi connectivity index (χ2v) is 5.84. The van der Waals surface area contributed by atoms with E-state index in [2.05, 4.69) is 26.7 Å². The number of hydrogen-bond donors (Lipinski definition) is 2. The molecule has 0 amide bonds. The van der Waals surface area contributed by atoms with E-state index in [1.807, 2.05) is 56.3 Å². The maximum absolute atomic E-state index is 9.20. The number of para-hydroxylation sites is 3. The minimum Gasteiger partial charge on any atom is -0.489 e. The summed E-state index contributed by atoms with van der Waals surface area (Å²) in [5, 5.41) is 15.5. The molecule has 6 nitrogen and oxygen atoms in total. The van der Waals surface area contributed by atoms with Crippen molar-refractivity contribution in [3.8, 4) is 11.8 Å². The van der Waals surface area contributed by atoms with E-state index in [0.717, 1.165) is 11.4 Å². The van der Waals surface area contributed by atoms with Crippen LogP contribution in [0.4, 0.5) is 23.1 Å². The van der Waals surface area contributed by atoms with E-state index in [9.17, 15) is 5.26 Å². The van der Waals surface area contributed by atoms with Gasteiger partial charge in [-0.25, -0.2) is 4.98 Å². The van der Waals surface area contributed by atoms with Gasteiger partial charge < -0.3 is 15.4 Å². The molecule has 3 aromatic rings. The molecule has 26 heavy (non-hydrogen) atoms. The Kier molecular flexibility index (Phi) is 5.30. The summed E-state index contributed by atoms with van der Waals surface area (Å²) >= 11 is 0. The largest absolute Gasteiger partial charge is 0.489 e. The van der Waals surface area contributed by atoms with Gasteiger partial charge in [0.1, 0.15) is 17.6 Å². The van der Waals surface area contributed by atoms with Gasteiger partial charge in [-0.1, -0.05) is 24.3 Å². The lowest BCUT2D eigenvalue weighted by Crippen LogP contribution is -2.08. The van der Waals surface area contributed by atoms with Crippen LogP contribution in [0.2, 0.25) is 0 Å². The molecule has 0 aliphatic rings. The van der Waals surface area contributed by atoms with E-state index < -0.39 is 0 Å². The number of hydrogen-bond acceptors (Lipinski definition) is 6. The number of rotatable bonds is 6. The molecule has 0 spiro atoms. The molecule has 0 fully saturated rings. The fourth-order valence-corrected chi connectivity index (χ4v) is 2.36. The lowest BCUT2D eigenvalue weighted by Gasteiger charge is -2.15. The van der Waals surface area contributed by atoms with Crippen LogP contribution in [0.15, 0.2) is 60.8 Å². The number of nitrogens with one attached hydrogen (secondary N) is 2. The van der Waals surface area contributed by atoms with Crippen LogP contribution in [0, 0.1) is 11.3 Å². The smallest absolute Gasteiger partial charge is 0.229 e. The van der Waals surface area contributed by atoms with Crippen LogP contribution in [0.5, 0.6) is 5.75 Å². The van der Waals surface area contributed by atoms with Gasteiger partial charge in [-0.15, -0.1) is 0 Å². The summed E-state index contributed by atoms with van der Waals surface area (Å²) in [6, 6.07) is 18.8. The fourth-order valence-electron chi connectivity index (χ4n) is 2.36. The van der Waals surface area contributed by atoms with Crippen LogP contribution >= 0.6 is 0 Å². The molecule has 1 aromatic heterocycles. The molecular weight excluding hydrogens is 326 g/mol. The van der Waals surface area contributed by atoms with Crippen molar-refractivity contribution in [1.29, 1.82) is 5.26 Å². The van der Waals surface area contributed by atoms with E-state index >= 15 is 0 Å². The van der Waals surface area contributed by atoms with Gasteiger partial charge in [-0.05, 0) is 44.2 Å². The third kappa shape index (κ3) is 4.28. The summed E-state index contributed by atoms with van der Waals surface area (Å²) in [5.74, 6) is 1.76. The Morgan fingerprint density at radius 2 is 1.69 bits per heavy atom. The average molecular weight is 345 g/mol. The zero-order valence-corrected chi connectivity index (χ0v) is 14.6. The van der Waals surface area contributed by atoms with E-state index in [-0.39, 0.29) is 6.10 Å². The quantitative estimate of drug-likeness (QED) is 0.678. The van der Waals surface area contributed by atoms with Gasteiger partial charge in [0.05, 0.1) is 23.0 Å². The van der Waals surface area contributed by atoms with Crippen molar-refractivity contribution in [1.82, 2.24) is 9.97 Å². The third-order valence-corrected chi connectivity index (χ3v) is 3.46. The molecule has 0 aliphatic carbocycles. The molecule has 0 saturated carbocycles. The molecule has 0 saturated heterocycles. The zero-order chi connectivity index (χ0) is 18.4. The van der Waals surface area contributed by atoms with E-state index in [0.29, 0.717) is 23.0 Å². The number of nitrogens with zero attached hydrogens (tertiary/aromatic N) is 3. The maximum Gasteiger partial charge on any atom is 0.229 e. The molecule has 0 aliphatic heterocycles. The van der Waals surface area contributed by atoms with Gasteiger partial charge in [0.25, 0.3) is 0 Å². The number of anilines is 4. The Balaban J connectivity index is 1.82. The number of aromatic nitrogens is 2. The SMILES string of the molecule is CC(C)Oc1ccccc1Nc1nccc(Nc2ccccc2C#N)n1. The van der Waals surface area contributed by atoms with Gasteiger partial charge in [-0.2, -0.15) is 10.2 Å². The van der Waals surface area contributed by atoms with E-state index in [4.69, 9.17) is 4.74 Å². The van der Waals surface area contributed by atoms with Crippen LogP contribution in [0.3, 0.4) is 0 Å². The second-order valence-electron chi connectivity index (χ2n) is 5.84. The first-order valence-corrected chi connectivity index (χ1v) is 8.27. The molecule has 2 N–H and O–H groups in total. The summed E-state index contributed by atoms with van der Waals surface area (Å²) < 4.78 is 5.80. The average Bonchev–Trinajstić information content (AvgIpc) is 2.64. The predicted octanol–water partition coefficient (Wildman–Crippen LogP) is 4.62. The molecule has 0 atom stereocenters. The minimum absolute atomic E-state index is 0.0642. The van der Waals surface area contributed by atoms with Crippen molar-refractivity contribution >= 4 is 23.1 Å². The molecule has 1 heterocycles. The fraction of sp³-hybridized carbons (Fsp3) is 0.150. The molecule has 3 rings (SSSR count). The highest BCUT2D eigenvalue weighted by Gasteiger charge is 2.08. The molecule has 2 aromatic carbocycles. The van der Waals surface area contributed by atoms with Gasteiger partial charge in [0, 0.05) is 6.20 Å². The number of ether oxygens (including phenoxy) is 1. The Labute approximate surface area is 152 Å². The normalized spacial score (nSPS) is 10.2. The minimum atomic E-state index is 0.0642. The van der Waals surface area contributed by atoms with Gasteiger partial charge >= 0.3 is 0 Å². The van der Waals surface area contributed by atoms with Crippen molar-refractivity contribution in [3.63, 3.8) is 0 Å². The van der Waals surface area contributed by atoms with Crippen molar-refractivity contribution in [2.75, 3.05) is 10.6 Å². The monoisotopic (exact) mass is 345 g/mol. The molecule has 0 unspecified atom stereocenters. The number of benzene rings is 2. The summed E-state index contributed by atoms with van der Waals surface area (Å²) in [5.41, 5.74) is 2.04. The highest BCUT2D eigenvalue weighted by Crippen LogP contribution is 2.27. The molecular formula is C20H19N5O. The lowest BCUT2D eigenvalue weighted by molar-refractivity contribution is 0.244. The Hall–Kier alpha value is -3.59. The predicted molar refractivity (Wildman–Crippen MR) is 102 cm³/mol. The Morgan fingerprint density at radius 1 is 0.962 bits per heavy atom. The summed E-state index contributed by atoms with van der Waals surface area (Å²) in [6.45, 7) is 3.95. The van der Waals surface area contributed by atoms with Crippen molar-refractivity contribution in [3.05, 3.63) is 66.4 Å². The van der Waals surface area contributed by atoms with Crippen LogP contribution in [-0.2, 0) is 0 Å². The Morgan fingerprint density at radius 3 is 2.46 bits per heavy atom. The van der Waals surface area contributed by atoms with E-state index in [1.165, 1.54) is 0 Å². The topological polar surface area (TPSA) is 82.9 Å². The lowest BCUT2D eigenvalue weighted by atomic mass is 10.2. The highest BCUT2D eigenvalue weighted by atomic mass is 16.5. The van der Waals surface area contributed by atoms with Crippen molar-refractivity contribution in [2.45, 2.75) is 20.0 Å². The molecule has 6 heteroatoms. The van der Waals surface area contributed by atoms with Crippen molar-refractivity contribution < 1.29 is 4.74 Å². The van der Waals surface area contributed by atoms with Crippen LogP contribution in [0.1, 0.15) is 19.4 Å². The van der Waals surface area contributed by atoms with Crippen molar-refractivity contribution in [2.24, 2.45) is 0 Å². The van der Waals surface area contributed by atoms with E-state index in [1.54, 1.807) is 18.3 Å². The second kappa shape index (κ2) is 7.99. The third-order valence-electron chi connectivity index (χ3n) is 3.46. The highest BCUT2D eigenvalue weighted by molar-refractivity contribution is 5.66. The first kappa shape index (κ1) is 17.2. The van der Waals surface area contributed by atoms with Gasteiger partial charge in [0.15, 0.2) is 0 Å². The molecule has 130 valence electrons.